The van der Waals surface area contributed by atoms with Gasteiger partial charge in [-0.2, -0.15) is 0 Å². The van der Waals surface area contributed by atoms with Crippen LogP contribution >= 0.6 is 0 Å². The fourth-order valence-electron chi connectivity index (χ4n) is 2.17. The fourth-order valence-corrected chi connectivity index (χ4v) is 2.17. The molecule has 1 aromatic rings. The van der Waals surface area contributed by atoms with Gasteiger partial charge in [0.25, 0.3) is 5.91 Å². The number of hydrogen-bond donors (Lipinski definition) is 2. The fraction of sp³-hybridized carbons (Fsp3) is 0.467. The second kappa shape index (κ2) is 6.51. The summed E-state index contributed by atoms with van der Waals surface area (Å²) in [6.07, 6.45) is 4.60. The molecule has 0 radical (unpaired) electrons. The summed E-state index contributed by atoms with van der Waals surface area (Å²) in [7, 11) is 1.67. The van der Waals surface area contributed by atoms with Gasteiger partial charge in [-0.1, -0.05) is 11.8 Å². The summed E-state index contributed by atoms with van der Waals surface area (Å²) >= 11 is 0. The van der Waals surface area contributed by atoms with E-state index in [1.54, 1.807) is 25.4 Å². The van der Waals surface area contributed by atoms with Gasteiger partial charge >= 0.3 is 0 Å². The van der Waals surface area contributed by atoms with Crippen LogP contribution in [0, 0.1) is 11.8 Å². The summed E-state index contributed by atoms with van der Waals surface area (Å²) in [6, 6.07) is 3.42. The van der Waals surface area contributed by atoms with E-state index in [0.717, 1.165) is 19.3 Å². The SMILES string of the molecule is COC1(CNC(=O)c2ncccc2C#CCO)CCC1. The molecule has 1 aliphatic rings. The lowest BCUT2D eigenvalue weighted by molar-refractivity contribution is -0.0679. The zero-order valence-corrected chi connectivity index (χ0v) is 11.5. The highest BCUT2D eigenvalue weighted by atomic mass is 16.5. The van der Waals surface area contributed by atoms with Crippen LogP contribution in [0.1, 0.15) is 35.3 Å². The van der Waals surface area contributed by atoms with Crippen LogP contribution in [0.2, 0.25) is 0 Å². The monoisotopic (exact) mass is 274 g/mol. The minimum Gasteiger partial charge on any atom is -0.384 e. The maximum atomic E-state index is 12.2. The first-order valence-electron chi connectivity index (χ1n) is 6.59. The van der Waals surface area contributed by atoms with Crippen LogP contribution in [0.15, 0.2) is 18.3 Å². The van der Waals surface area contributed by atoms with Crippen molar-refractivity contribution in [1.29, 1.82) is 0 Å². The van der Waals surface area contributed by atoms with E-state index in [4.69, 9.17) is 9.84 Å². The van der Waals surface area contributed by atoms with Gasteiger partial charge < -0.3 is 15.2 Å². The molecule has 1 fully saturated rings. The van der Waals surface area contributed by atoms with E-state index in [1.165, 1.54) is 0 Å². The molecular formula is C15H18N2O3. The molecule has 5 nitrogen and oxygen atoms in total. The Balaban J connectivity index is 2.05. The van der Waals surface area contributed by atoms with E-state index >= 15 is 0 Å². The molecular weight excluding hydrogens is 256 g/mol. The van der Waals surface area contributed by atoms with Gasteiger partial charge in [-0.3, -0.25) is 4.79 Å². The number of ether oxygens (including phenoxy) is 1. The quantitative estimate of drug-likeness (QED) is 0.794. The molecule has 0 unspecified atom stereocenters. The number of methoxy groups -OCH3 is 1. The van der Waals surface area contributed by atoms with Gasteiger partial charge in [0.15, 0.2) is 0 Å². The third-order valence-electron chi connectivity index (χ3n) is 3.59. The highest BCUT2D eigenvalue weighted by Crippen LogP contribution is 2.34. The van der Waals surface area contributed by atoms with Gasteiger partial charge in [0.2, 0.25) is 0 Å². The van der Waals surface area contributed by atoms with Crippen LogP contribution in [-0.2, 0) is 4.74 Å². The number of aliphatic hydroxyl groups excluding tert-OH is 1. The summed E-state index contributed by atoms with van der Waals surface area (Å²) in [5, 5.41) is 11.6. The Labute approximate surface area is 118 Å². The van der Waals surface area contributed by atoms with Crippen LogP contribution in [0.5, 0.6) is 0 Å². The van der Waals surface area contributed by atoms with E-state index in [9.17, 15) is 4.79 Å². The molecule has 1 heterocycles. The maximum Gasteiger partial charge on any atom is 0.271 e. The van der Waals surface area contributed by atoms with Crippen LogP contribution < -0.4 is 5.32 Å². The molecule has 2 N–H and O–H groups in total. The number of nitrogens with zero attached hydrogens (tertiary/aromatic N) is 1. The Morgan fingerprint density at radius 2 is 2.40 bits per heavy atom. The highest BCUT2D eigenvalue weighted by molar-refractivity contribution is 5.94. The second-order valence-electron chi connectivity index (χ2n) is 4.78. The summed E-state index contributed by atoms with van der Waals surface area (Å²) < 4.78 is 5.46. The minimum absolute atomic E-state index is 0.221. The van der Waals surface area contributed by atoms with Crippen LogP contribution in [-0.4, -0.2) is 41.9 Å². The van der Waals surface area contributed by atoms with Crippen molar-refractivity contribution < 1.29 is 14.6 Å². The number of amides is 1. The molecule has 1 amide bonds. The number of rotatable bonds is 4. The second-order valence-corrected chi connectivity index (χ2v) is 4.78. The molecule has 0 bridgehead atoms. The third kappa shape index (κ3) is 3.16. The minimum atomic E-state index is -0.267. The van der Waals surface area contributed by atoms with Crippen LogP contribution in [0.25, 0.3) is 0 Å². The van der Waals surface area contributed by atoms with Crippen molar-refractivity contribution in [2.24, 2.45) is 0 Å². The normalized spacial score (nSPS) is 15.7. The van der Waals surface area contributed by atoms with E-state index < -0.39 is 0 Å². The van der Waals surface area contributed by atoms with Crippen molar-refractivity contribution in [2.45, 2.75) is 24.9 Å². The molecule has 1 aliphatic carbocycles. The molecule has 1 saturated carbocycles. The van der Waals surface area contributed by atoms with E-state index in [1.807, 2.05) is 0 Å². The topological polar surface area (TPSA) is 71.5 Å². The Morgan fingerprint density at radius 1 is 1.60 bits per heavy atom. The molecule has 106 valence electrons. The number of nitrogens with one attached hydrogen (secondary N) is 1. The zero-order valence-electron chi connectivity index (χ0n) is 11.5. The molecule has 0 aliphatic heterocycles. The third-order valence-corrected chi connectivity index (χ3v) is 3.59. The summed E-state index contributed by atoms with van der Waals surface area (Å²) in [5.41, 5.74) is 0.569. The summed E-state index contributed by atoms with van der Waals surface area (Å²) in [4.78, 5) is 16.2. The number of aliphatic hydroxyl groups is 1. The van der Waals surface area contributed by atoms with Gasteiger partial charge in [0.05, 0.1) is 11.2 Å². The molecule has 20 heavy (non-hydrogen) atoms. The van der Waals surface area contributed by atoms with Gasteiger partial charge in [-0.15, -0.1) is 0 Å². The highest BCUT2D eigenvalue weighted by Gasteiger charge is 2.37. The predicted octanol–water partition coefficient (Wildman–Crippen LogP) is 0.724. The molecule has 2 rings (SSSR count). The molecule has 5 heteroatoms. The van der Waals surface area contributed by atoms with Crippen LogP contribution in [0.3, 0.4) is 0 Å². The van der Waals surface area contributed by atoms with Crippen molar-refractivity contribution >= 4 is 5.91 Å². The number of hydrogen-bond acceptors (Lipinski definition) is 4. The average molecular weight is 274 g/mol. The molecule has 0 spiro atoms. The van der Waals surface area contributed by atoms with Crippen molar-refractivity contribution in [3.63, 3.8) is 0 Å². The Morgan fingerprint density at radius 3 is 3.00 bits per heavy atom. The molecule has 0 atom stereocenters. The van der Waals surface area contributed by atoms with Gasteiger partial charge in [0.1, 0.15) is 12.3 Å². The first-order chi connectivity index (χ1) is 9.71. The molecule has 0 aromatic carbocycles. The summed E-state index contributed by atoms with van der Waals surface area (Å²) in [5.74, 6) is 4.99. The van der Waals surface area contributed by atoms with E-state index in [2.05, 4.69) is 22.1 Å². The maximum absolute atomic E-state index is 12.2. The van der Waals surface area contributed by atoms with Crippen molar-refractivity contribution in [3.05, 3.63) is 29.6 Å². The van der Waals surface area contributed by atoms with Gasteiger partial charge in [-0.25, -0.2) is 4.98 Å². The molecule has 0 saturated heterocycles. The largest absolute Gasteiger partial charge is 0.384 e. The van der Waals surface area contributed by atoms with Crippen molar-refractivity contribution in [2.75, 3.05) is 20.3 Å². The Hall–Kier alpha value is -1.90. The Bertz CT molecular complexity index is 536. The summed E-state index contributed by atoms with van der Waals surface area (Å²) in [6.45, 7) is 0.231. The van der Waals surface area contributed by atoms with Gasteiger partial charge in [-0.05, 0) is 31.4 Å². The first-order valence-corrected chi connectivity index (χ1v) is 6.59. The average Bonchev–Trinajstić information content (AvgIpc) is 2.44. The van der Waals surface area contributed by atoms with Crippen molar-refractivity contribution in [3.8, 4) is 11.8 Å². The number of pyridine rings is 1. The molecule has 1 aromatic heterocycles. The van der Waals surface area contributed by atoms with Gasteiger partial charge in [0, 0.05) is 19.9 Å². The van der Waals surface area contributed by atoms with Crippen LogP contribution in [0.4, 0.5) is 0 Å². The number of aromatic nitrogens is 1. The lowest BCUT2D eigenvalue weighted by Crippen LogP contribution is -2.49. The van der Waals surface area contributed by atoms with Crippen molar-refractivity contribution in [1.82, 2.24) is 10.3 Å². The number of carbonyl (C=O) groups excluding carboxylic acids is 1. The lowest BCUT2D eigenvalue weighted by Gasteiger charge is -2.40. The number of carbonyl (C=O) groups is 1. The van der Waals surface area contributed by atoms with E-state index in [0.29, 0.717) is 12.1 Å². The first kappa shape index (κ1) is 14.5. The lowest BCUT2D eigenvalue weighted by atomic mass is 9.80. The standard InChI is InChI=1S/C15H18N2O3/c1-20-15(7-4-8-15)11-17-14(19)13-12(6-3-10-18)5-2-9-16-13/h2,5,9,18H,4,7-8,10-11H2,1H3,(H,17,19). The Kier molecular flexibility index (Phi) is 4.72. The smallest absolute Gasteiger partial charge is 0.271 e. The zero-order chi connectivity index (χ0) is 14.4. The predicted molar refractivity (Wildman–Crippen MR) is 74.1 cm³/mol. The van der Waals surface area contributed by atoms with E-state index in [-0.39, 0.29) is 23.8 Å².